The molecule has 0 unspecified atom stereocenters. The van der Waals surface area contributed by atoms with Crippen molar-refractivity contribution in [2.75, 3.05) is 19.6 Å². The number of alkyl halides is 1. The number of benzene rings is 1. The Morgan fingerprint density at radius 1 is 1.33 bits per heavy atom. The molecule has 1 atom stereocenters. The maximum Gasteiger partial charge on any atom is 0.125 e. The average molecular weight is 212 g/mol. The zero-order valence-electron chi connectivity index (χ0n) is 8.37. The molecule has 0 spiro atoms. The summed E-state index contributed by atoms with van der Waals surface area (Å²) in [6, 6.07) is 5.96. The maximum absolute atomic E-state index is 12.6. The zero-order chi connectivity index (χ0) is 10.8. The van der Waals surface area contributed by atoms with Crippen molar-refractivity contribution in [1.82, 2.24) is 4.90 Å². The first-order valence-electron chi connectivity index (χ1n) is 5.02. The number of likely N-dealkylation sites (tertiary alicyclic amines) is 1. The minimum absolute atomic E-state index is 0.168. The van der Waals surface area contributed by atoms with Gasteiger partial charge in [-0.05, 0) is 17.7 Å². The highest BCUT2D eigenvalue weighted by Crippen LogP contribution is 2.17. The third-order valence-corrected chi connectivity index (χ3v) is 2.67. The van der Waals surface area contributed by atoms with E-state index in [1.165, 1.54) is 12.1 Å². The second-order valence-corrected chi connectivity index (χ2v) is 3.97. The van der Waals surface area contributed by atoms with Crippen LogP contribution in [0.25, 0.3) is 0 Å². The SMILES string of the molecule is N[C@H](CN1CC(F)C1)c1ccc(F)cc1. The third-order valence-electron chi connectivity index (χ3n) is 2.67. The van der Waals surface area contributed by atoms with Crippen LogP contribution in [0.4, 0.5) is 8.78 Å². The zero-order valence-corrected chi connectivity index (χ0v) is 8.37. The number of nitrogens with zero attached hydrogens (tertiary/aromatic N) is 1. The molecular formula is C11H14F2N2. The van der Waals surface area contributed by atoms with Gasteiger partial charge in [0, 0.05) is 25.7 Å². The molecule has 15 heavy (non-hydrogen) atoms. The highest BCUT2D eigenvalue weighted by Gasteiger charge is 2.27. The average Bonchev–Trinajstić information content (AvgIpc) is 2.16. The van der Waals surface area contributed by atoms with Crippen molar-refractivity contribution in [2.45, 2.75) is 12.2 Å². The second kappa shape index (κ2) is 4.24. The molecule has 0 bridgehead atoms. The quantitative estimate of drug-likeness (QED) is 0.822. The van der Waals surface area contributed by atoms with E-state index in [1.807, 2.05) is 4.90 Å². The molecule has 0 saturated carbocycles. The van der Waals surface area contributed by atoms with Gasteiger partial charge in [0.05, 0.1) is 0 Å². The van der Waals surface area contributed by atoms with Gasteiger partial charge in [-0.1, -0.05) is 12.1 Å². The number of hydrogen-bond acceptors (Lipinski definition) is 2. The van der Waals surface area contributed by atoms with E-state index < -0.39 is 6.17 Å². The molecule has 0 aliphatic carbocycles. The summed E-state index contributed by atoms with van der Waals surface area (Å²) in [5.41, 5.74) is 6.80. The van der Waals surface area contributed by atoms with Crippen LogP contribution in [0.1, 0.15) is 11.6 Å². The Bertz CT molecular complexity index is 320. The monoisotopic (exact) mass is 212 g/mol. The molecule has 1 fully saturated rings. The minimum Gasteiger partial charge on any atom is -0.323 e. The molecule has 2 nitrogen and oxygen atoms in total. The Labute approximate surface area is 87.7 Å². The van der Waals surface area contributed by atoms with E-state index in [9.17, 15) is 8.78 Å². The fraction of sp³-hybridized carbons (Fsp3) is 0.455. The van der Waals surface area contributed by atoms with E-state index >= 15 is 0 Å². The molecule has 1 aromatic rings. The largest absolute Gasteiger partial charge is 0.323 e. The van der Waals surface area contributed by atoms with Crippen LogP contribution in [0.15, 0.2) is 24.3 Å². The summed E-state index contributed by atoms with van der Waals surface area (Å²) in [6.07, 6.45) is -0.703. The lowest BCUT2D eigenvalue weighted by Gasteiger charge is -2.36. The number of nitrogens with two attached hydrogens (primary N) is 1. The molecule has 0 radical (unpaired) electrons. The molecular weight excluding hydrogens is 198 g/mol. The van der Waals surface area contributed by atoms with Gasteiger partial charge in [0.15, 0.2) is 0 Å². The fourth-order valence-corrected chi connectivity index (χ4v) is 1.75. The van der Waals surface area contributed by atoms with Gasteiger partial charge in [-0.3, -0.25) is 4.90 Å². The smallest absolute Gasteiger partial charge is 0.125 e. The van der Waals surface area contributed by atoms with Crippen molar-refractivity contribution in [3.8, 4) is 0 Å². The lowest BCUT2D eigenvalue weighted by atomic mass is 10.1. The molecule has 1 aliphatic rings. The summed E-state index contributed by atoms with van der Waals surface area (Å²) in [7, 11) is 0. The summed E-state index contributed by atoms with van der Waals surface area (Å²) in [5, 5.41) is 0. The summed E-state index contributed by atoms with van der Waals surface area (Å²) in [4.78, 5) is 1.96. The fourth-order valence-electron chi connectivity index (χ4n) is 1.75. The lowest BCUT2D eigenvalue weighted by molar-refractivity contribution is 0.0606. The van der Waals surface area contributed by atoms with E-state index in [1.54, 1.807) is 12.1 Å². The summed E-state index contributed by atoms with van der Waals surface area (Å²) in [5.74, 6) is -0.265. The lowest BCUT2D eigenvalue weighted by Crippen LogP contribution is -2.50. The van der Waals surface area contributed by atoms with Crippen LogP contribution in [-0.4, -0.2) is 30.7 Å². The van der Waals surface area contributed by atoms with Crippen molar-refractivity contribution >= 4 is 0 Å². The van der Waals surface area contributed by atoms with Crippen LogP contribution < -0.4 is 5.73 Å². The number of hydrogen-bond donors (Lipinski definition) is 1. The van der Waals surface area contributed by atoms with Crippen molar-refractivity contribution in [2.24, 2.45) is 5.73 Å². The van der Waals surface area contributed by atoms with Crippen molar-refractivity contribution in [1.29, 1.82) is 0 Å². The topological polar surface area (TPSA) is 29.3 Å². The molecule has 1 heterocycles. The van der Waals surface area contributed by atoms with E-state index in [0.29, 0.717) is 19.6 Å². The van der Waals surface area contributed by atoms with Gasteiger partial charge in [0.1, 0.15) is 12.0 Å². The van der Waals surface area contributed by atoms with Crippen LogP contribution >= 0.6 is 0 Å². The predicted octanol–water partition coefficient (Wildman–Crippen LogP) is 1.48. The molecule has 1 aromatic carbocycles. The van der Waals surface area contributed by atoms with E-state index in [4.69, 9.17) is 5.73 Å². The summed E-state index contributed by atoms with van der Waals surface area (Å²) < 4.78 is 25.2. The first-order valence-corrected chi connectivity index (χ1v) is 5.02. The van der Waals surface area contributed by atoms with Crippen molar-refractivity contribution < 1.29 is 8.78 Å². The normalized spacial score (nSPS) is 19.9. The van der Waals surface area contributed by atoms with Crippen LogP contribution in [0.3, 0.4) is 0 Å². The van der Waals surface area contributed by atoms with Gasteiger partial charge in [-0.15, -0.1) is 0 Å². The molecule has 1 saturated heterocycles. The van der Waals surface area contributed by atoms with Gasteiger partial charge in [0.2, 0.25) is 0 Å². The molecule has 82 valence electrons. The van der Waals surface area contributed by atoms with E-state index in [0.717, 1.165) is 5.56 Å². The molecule has 0 amide bonds. The Hall–Kier alpha value is -1.00. The van der Waals surface area contributed by atoms with Crippen LogP contribution in [0.5, 0.6) is 0 Å². The van der Waals surface area contributed by atoms with Gasteiger partial charge in [0.25, 0.3) is 0 Å². The Kier molecular flexibility index (Phi) is 2.98. The molecule has 2 rings (SSSR count). The third kappa shape index (κ3) is 2.52. The Morgan fingerprint density at radius 3 is 2.47 bits per heavy atom. The van der Waals surface area contributed by atoms with Crippen LogP contribution in [-0.2, 0) is 0 Å². The van der Waals surface area contributed by atoms with Crippen LogP contribution in [0.2, 0.25) is 0 Å². The van der Waals surface area contributed by atoms with Gasteiger partial charge >= 0.3 is 0 Å². The number of rotatable bonds is 3. The van der Waals surface area contributed by atoms with E-state index in [-0.39, 0.29) is 11.9 Å². The van der Waals surface area contributed by atoms with E-state index in [2.05, 4.69) is 0 Å². The standard InChI is InChI=1S/C11H14F2N2/c12-9-3-1-8(2-4-9)11(14)7-15-5-10(13)6-15/h1-4,10-11H,5-7,14H2/t11-/m1/s1. The molecule has 4 heteroatoms. The molecule has 0 aromatic heterocycles. The minimum atomic E-state index is -0.703. The van der Waals surface area contributed by atoms with Gasteiger partial charge in [-0.25, -0.2) is 8.78 Å². The summed E-state index contributed by atoms with van der Waals surface area (Å²) >= 11 is 0. The van der Waals surface area contributed by atoms with Crippen molar-refractivity contribution in [3.05, 3.63) is 35.6 Å². The summed E-state index contributed by atoms with van der Waals surface area (Å²) in [6.45, 7) is 1.57. The predicted molar refractivity (Wildman–Crippen MR) is 54.7 cm³/mol. The Balaban J connectivity index is 1.90. The molecule has 2 N–H and O–H groups in total. The van der Waals surface area contributed by atoms with Gasteiger partial charge in [-0.2, -0.15) is 0 Å². The molecule has 1 aliphatic heterocycles. The second-order valence-electron chi connectivity index (χ2n) is 3.97. The van der Waals surface area contributed by atoms with Crippen LogP contribution in [0, 0.1) is 5.82 Å². The first kappa shape index (κ1) is 10.5. The first-order chi connectivity index (χ1) is 7.15. The van der Waals surface area contributed by atoms with Crippen molar-refractivity contribution in [3.63, 3.8) is 0 Å². The highest BCUT2D eigenvalue weighted by atomic mass is 19.1. The highest BCUT2D eigenvalue weighted by molar-refractivity contribution is 5.20. The van der Waals surface area contributed by atoms with Gasteiger partial charge < -0.3 is 5.73 Å². The Morgan fingerprint density at radius 2 is 1.93 bits per heavy atom. The maximum atomic E-state index is 12.6. The number of halogens is 2.